The Labute approximate surface area is 189 Å². The summed E-state index contributed by atoms with van der Waals surface area (Å²) < 4.78 is 52.0. The van der Waals surface area contributed by atoms with Crippen LogP contribution < -0.4 is 0 Å². The topological polar surface area (TPSA) is 68.3 Å². The third-order valence-electron chi connectivity index (χ3n) is 5.07. The molecule has 0 N–H and O–H groups in total. The smallest absolute Gasteiger partial charge is 0.206 e. The van der Waals surface area contributed by atoms with Gasteiger partial charge in [0.1, 0.15) is 11.6 Å². The molecule has 0 aliphatic heterocycles. The molecule has 0 saturated heterocycles. The van der Waals surface area contributed by atoms with Gasteiger partial charge in [0.15, 0.2) is 11.6 Å². The van der Waals surface area contributed by atoms with Crippen LogP contribution in [-0.4, -0.2) is 20.0 Å². The summed E-state index contributed by atoms with van der Waals surface area (Å²) in [5, 5.41) is 0. The van der Waals surface area contributed by atoms with Gasteiger partial charge in [-0.25, -0.2) is 17.2 Å². The molecule has 4 rings (SSSR count). The Hall–Kier alpha value is -3.97. The minimum atomic E-state index is -3.89. The number of rotatable bonds is 6. The lowest BCUT2D eigenvalue weighted by Crippen LogP contribution is -2.06. The fourth-order valence-electron chi connectivity index (χ4n) is 3.24. The van der Waals surface area contributed by atoms with E-state index in [1.807, 2.05) is 0 Å². The lowest BCUT2D eigenvalue weighted by atomic mass is 10.0. The van der Waals surface area contributed by atoms with Crippen molar-refractivity contribution in [2.45, 2.75) is 9.79 Å². The molecule has 4 aromatic carbocycles. The van der Waals surface area contributed by atoms with E-state index in [1.54, 1.807) is 0 Å². The van der Waals surface area contributed by atoms with Crippen molar-refractivity contribution in [2.75, 3.05) is 0 Å². The highest BCUT2D eigenvalue weighted by atomic mass is 32.2. The van der Waals surface area contributed by atoms with Crippen molar-refractivity contribution >= 4 is 21.4 Å². The zero-order valence-corrected chi connectivity index (χ0v) is 17.9. The molecule has 4 nitrogen and oxygen atoms in total. The normalized spacial score (nSPS) is 11.2. The molecular formula is C26H16F2O4S. The van der Waals surface area contributed by atoms with E-state index in [2.05, 4.69) is 0 Å². The summed E-state index contributed by atoms with van der Waals surface area (Å²) in [5.41, 5.74) is 1.10. The summed E-state index contributed by atoms with van der Waals surface area (Å²) in [5.74, 6) is -1.64. The van der Waals surface area contributed by atoms with E-state index < -0.39 is 21.5 Å². The van der Waals surface area contributed by atoms with Crippen LogP contribution in [0.15, 0.2) is 107 Å². The van der Waals surface area contributed by atoms with Crippen LogP contribution >= 0.6 is 0 Å². The summed E-state index contributed by atoms with van der Waals surface area (Å²) in [6.07, 6.45) is 0. The van der Waals surface area contributed by atoms with Crippen molar-refractivity contribution in [3.8, 4) is 0 Å². The quantitative estimate of drug-likeness (QED) is 0.367. The van der Waals surface area contributed by atoms with E-state index in [1.165, 1.54) is 97.1 Å². The third kappa shape index (κ3) is 4.63. The van der Waals surface area contributed by atoms with Gasteiger partial charge in [0, 0.05) is 22.3 Å². The van der Waals surface area contributed by atoms with Crippen LogP contribution in [0.3, 0.4) is 0 Å². The Morgan fingerprint density at radius 3 is 0.970 bits per heavy atom. The summed E-state index contributed by atoms with van der Waals surface area (Å²) in [6.45, 7) is 0. The van der Waals surface area contributed by atoms with Crippen LogP contribution in [0.4, 0.5) is 8.78 Å². The van der Waals surface area contributed by atoms with Gasteiger partial charge in [0.2, 0.25) is 9.84 Å². The van der Waals surface area contributed by atoms with Crippen LogP contribution in [0.2, 0.25) is 0 Å². The maximum Gasteiger partial charge on any atom is 0.206 e. The second-order valence-corrected chi connectivity index (χ2v) is 9.17. The molecule has 0 fully saturated rings. The van der Waals surface area contributed by atoms with Crippen molar-refractivity contribution < 1.29 is 26.8 Å². The van der Waals surface area contributed by atoms with Crippen molar-refractivity contribution in [2.24, 2.45) is 0 Å². The van der Waals surface area contributed by atoms with Crippen molar-refractivity contribution in [1.29, 1.82) is 0 Å². The third-order valence-corrected chi connectivity index (χ3v) is 6.85. The molecule has 0 amide bonds. The molecule has 0 unspecified atom stereocenters. The number of benzene rings is 4. The largest absolute Gasteiger partial charge is 0.289 e. The predicted molar refractivity (Wildman–Crippen MR) is 118 cm³/mol. The first-order valence-electron chi connectivity index (χ1n) is 9.81. The maximum absolute atomic E-state index is 13.1. The Morgan fingerprint density at radius 1 is 0.455 bits per heavy atom. The number of hydrogen-bond acceptors (Lipinski definition) is 4. The first-order chi connectivity index (χ1) is 15.8. The van der Waals surface area contributed by atoms with Crippen molar-refractivity contribution in [3.63, 3.8) is 0 Å². The minimum Gasteiger partial charge on any atom is -0.289 e. The predicted octanol–water partition coefficient (Wildman–Crippen LogP) is 5.26. The van der Waals surface area contributed by atoms with Gasteiger partial charge in [-0.1, -0.05) is 0 Å². The van der Waals surface area contributed by atoms with E-state index in [-0.39, 0.29) is 43.6 Å². The molecule has 0 aliphatic rings. The lowest BCUT2D eigenvalue weighted by molar-refractivity contribution is 0.103. The summed E-state index contributed by atoms with van der Waals surface area (Å²) >= 11 is 0. The average molecular weight is 462 g/mol. The molecule has 0 bridgehead atoms. The van der Waals surface area contributed by atoms with Gasteiger partial charge < -0.3 is 0 Å². The molecule has 0 radical (unpaired) electrons. The van der Waals surface area contributed by atoms with Gasteiger partial charge in [0.25, 0.3) is 0 Å². The lowest BCUT2D eigenvalue weighted by Gasteiger charge is -2.07. The van der Waals surface area contributed by atoms with Gasteiger partial charge in [-0.2, -0.15) is 0 Å². The first-order valence-corrected chi connectivity index (χ1v) is 11.3. The zero-order chi connectivity index (χ0) is 23.6. The zero-order valence-electron chi connectivity index (χ0n) is 17.0. The maximum atomic E-state index is 13.1. The number of halogens is 2. The fraction of sp³-hybridized carbons (Fsp3) is 0. The number of sulfone groups is 1. The molecule has 4 aromatic rings. The van der Waals surface area contributed by atoms with Crippen LogP contribution in [-0.2, 0) is 9.84 Å². The molecule has 0 aromatic heterocycles. The van der Waals surface area contributed by atoms with E-state index in [4.69, 9.17) is 0 Å². The molecule has 0 heterocycles. The molecule has 0 saturated carbocycles. The Morgan fingerprint density at radius 2 is 0.697 bits per heavy atom. The summed E-state index contributed by atoms with van der Waals surface area (Å²) in [6, 6.07) is 21.0. The second-order valence-electron chi connectivity index (χ2n) is 7.22. The van der Waals surface area contributed by atoms with Crippen molar-refractivity contribution in [1.82, 2.24) is 0 Å². The Bertz CT molecular complexity index is 1320. The van der Waals surface area contributed by atoms with E-state index in [9.17, 15) is 26.8 Å². The second kappa shape index (κ2) is 8.88. The molecule has 0 aliphatic carbocycles. The van der Waals surface area contributed by atoms with Gasteiger partial charge in [-0.05, 0) is 97.1 Å². The van der Waals surface area contributed by atoms with Gasteiger partial charge in [-0.15, -0.1) is 0 Å². The van der Waals surface area contributed by atoms with Crippen LogP contribution in [0, 0.1) is 11.6 Å². The first kappa shape index (κ1) is 22.2. The summed E-state index contributed by atoms with van der Waals surface area (Å²) in [7, 11) is -3.89. The van der Waals surface area contributed by atoms with Crippen molar-refractivity contribution in [3.05, 3.63) is 131 Å². The SMILES string of the molecule is O=C(c1ccc(F)cc1)c1ccc(S(=O)(=O)c2ccc(C(=O)c3ccc(F)cc3)cc2)cc1. The Kier molecular flexibility index (Phi) is 5.98. The summed E-state index contributed by atoms with van der Waals surface area (Å²) in [4.78, 5) is 25.0. The van der Waals surface area contributed by atoms with Crippen LogP contribution in [0.5, 0.6) is 0 Å². The standard InChI is InChI=1S/C26H16F2O4S/c27-21-9-1-17(2-10-21)25(29)19-5-13-23(14-6-19)33(31,32)24-15-7-20(8-16-24)26(30)18-3-11-22(28)12-4-18/h1-16H. The monoisotopic (exact) mass is 462 g/mol. The van der Waals surface area contributed by atoms with Gasteiger partial charge >= 0.3 is 0 Å². The highest BCUT2D eigenvalue weighted by Crippen LogP contribution is 2.23. The molecule has 0 atom stereocenters. The molecule has 0 spiro atoms. The highest BCUT2D eigenvalue weighted by Gasteiger charge is 2.19. The molecule has 7 heteroatoms. The number of carbonyl (C=O) groups excluding carboxylic acids is 2. The average Bonchev–Trinajstić information content (AvgIpc) is 2.84. The van der Waals surface area contributed by atoms with E-state index >= 15 is 0 Å². The molecule has 33 heavy (non-hydrogen) atoms. The number of carbonyl (C=O) groups is 2. The molecular weight excluding hydrogens is 446 g/mol. The van der Waals surface area contributed by atoms with Gasteiger partial charge in [-0.3, -0.25) is 9.59 Å². The fourth-order valence-corrected chi connectivity index (χ4v) is 4.50. The van der Waals surface area contributed by atoms with Crippen LogP contribution in [0.25, 0.3) is 0 Å². The number of hydrogen-bond donors (Lipinski definition) is 0. The highest BCUT2D eigenvalue weighted by molar-refractivity contribution is 7.91. The molecule has 164 valence electrons. The minimum absolute atomic E-state index is 0.0178. The van der Waals surface area contributed by atoms with Crippen LogP contribution in [0.1, 0.15) is 31.8 Å². The number of ketones is 2. The van der Waals surface area contributed by atoms with E-state index in [0.717, 1.165) is 0 Å². The van der Waals surface area contributed by atoms with Gasteiger partial charge in [0.05, 0.1) is 9.79 Å². The van der Waals surface area contributed by atoms with E-state index in [0.29, 0.717) is 0 Å². The Balaban J connectivity index is 1.55.